The largest absolute Gasteiger partial charge is 0.433 e. The molecule has 0 saturated carbocycles. The van der Waals surface area contributed by atoms with Crippen molar-refractivity contribution in [2.75, 3.05) is 5.32 Å². The number of nitrogens with zero attached hydrogens (tertiary/aromatic N) is 6. The predicted molar refractivity (Wildman–Crippen MR) is 135 cm³/mol. The third-order valence-corrected chi connectivity index (χ3v) is 7.74. The second-order valence-corrected chi connectivity index (χ2v) is 9.84. The van der Waals surface area contributed by atoms with E-state index in [2.05, 4.69) is 36.4 Å². The molecule has 0 fully saturated rings. The quantitative estimate of drug-likeness (QED) is 0.230. The predicted octanol–water partition coefficient (Wildman–Crippen LogP) is 4.42. The second kappa shape index (κ2) is 9.79. The Bertz CT molecular complexity index is 1620. The summed E-state index contributed by atoms with van der Waals surface area (Å²) in [6.45, 7) is 4.95. The minimum Gasteiger partial charge on any atom is -0.365 e. The summed E-state index contributed by atoms with van der Waals surface area (Å²) in [5, 5.41) is 21.8. The van der Waals surface area contributed by atoms with Gasteiger partial charge in [-0.2, -0.15) is 23.0 Å². The number of thiophene rings is 1. The number of aryl methyl sites for hydroxylation is 1. The summed E-state index contributed by atoms with van der Waals surface area (Å²) in [5.74, 6) is -2.24. The summed E-state index contributed by atoms with van der Waals surface area (Å²) >= 11 is 3.67. The van der Waals surface area contributed by atoms with Gasteiger partial charge in [0, 0.05) is 23.2 Å². The molecular weight excluding hydrogens is 597 g/mol. The fraction of sp³-hybridized carbons (Fsp3) is 0.286. The zero-order chi connectivity index (χ0) is 28.1. The van der Waals surface area contributed by atoms with Gasteiger partial charge in [0.05, 0.1) is 22.7 Å². The first-order valence-electron chi connectivity index (χ1n) is 10.8. The number of nitro groups is 1. The van der Waals surface area contributed by atoms with Crippen LogP contribution < -0.4 is 11.1 Å². The first-order valence-corrected chi connectivity index (χ1v) is 12.4. The van der Waals surface area contributed by atoms with Crippen LogP contribution in [0.15, 0.2) is 16.7 Å². The van der Waals surface area contributed by atoms with Crippen molar-refractivity contribution in [3.63, 3.8) is 0 Å². The summed E-state index contributed by atoms with van der Waals surface area (Å²) in [5.41, 5.74) is 5.43. The van der Waals surface area contributed by atoms with E-state index in [4.69, 9.17) is 5.73 Å². The number of carbonyl (C=O) groups excluding carboxylic acids is 2. The van der Waals surface area contributed by atoms with Crippen molar-refractivity contribution in [1.29, 1.82) is 0 Å². The fourth-order valence-corrected chi connectivity index (χ4v) is 5.31. The maximum atomic E-state index is 13.7. The van der Waals surface area contributed by atoms with Crippen LogP contribution in [0.1, 0.15) is 33.7 Å². The van der Waals surface area contributed by atoms with E-state index in [-0.39, 0.29) is 36.5 Å². The highest BCUT2D eigenvalue weighted by Crippen LogP contribution is 2.44. The molecule has 12 nitrogen and oxygen atoms in total. The summed E-state index contributed by atoms with van der Waals surface area (Å²) in [6, 6.07) is 0.831. The van der Waals surface area contributed by atoms with Crippen LogP contribution in [0.25, 0.3) is 21.3 Å². The molecule has 0 aliphatic carbocycles. The SMILES string of the molecule is CCn1ncc(-c2cc(C(F)(F)F)nc3sc(C(N)=O)c(NC(=O)Cn4nc([N+](=O)[O-])c(Br)c4C)c23)c1C. The first-order chi connectivity index (χ1) is 17.7. The number of amides is 2. The van der Waals surface area contributed by atoms with Gasteiger partial charge in [0.15, 0.2) is 0 Å². The van der Waals surface area contributed by atoms with Gasteiger partial charge in [-0.1, -0.05) is 0 Å². The Morgan fingerprint density at radius 1 is 1.24 bits per heavy atom. The molecule has 0 aliphatic rings. The molecule has 3 N–H and O–H groups in total. The van der Waals surface area contributed by atoms with Crippen LogP contribution in [0.4, 0.5) is 24.7 Å². The van der Waals surface area contributed by atoms with E-state index in [0.29, 0.717) is 29.1 Å². The Kier molecular flexibility index (Phi) is 7.00. The number of hydrogen-bond acceptors (Lipinski definition) is 8. The Morgan fingerprint density at radius 3 is 2.45 bits per heavy atom. The van der Waals surface area contributed by atoms with Gasteiger partial charge in [-0.25, -0.2) is 4.98 Å². The third-order valence-electron chi connectivity index (χ3n) is 5.72. The van der Waals surface area contributed by atoms with E-state index < -0.39 is 41.0 Å². The second-order valence-electron chi connectivity index (χ2n) is 8.05. The van der Waals surface area contributed by atoms with Gasteiger partial charge in [-0.05, 0) is 53.3 Å². The van der Waals surface area contributed by atoms with Crippen molar-refractivity contribution in [3.8, 4) is 11.1 Å². The number of nitrogens with one attached hydrogen (secondary N) is 1. The van der Waals surface area contributed by atoms with Crippen molar-refractivity contribution in [3.05, 3.63) is 48.8 Å². The summed E-state index contributed by atoms with van der Waals surface area (Å²) in [4.78, 5) is 39.0. The summed E-state index contributed by atoms with van der Waals surface area (Å²) < 4.78 is 43.9. The number of aromatic nitrogens is 5. The van der Waals surface area contributed by atoms with Crippen LogP contribution in [0, 0.1) is 24.0 Å². The van der Waals surface area contributed by atoms with Crippen LogP contribution in [0.2, 0.25) is 0 Å². The highest BCUT2D eigenvalue weighted by atomic mass is 79.9. The van der Waals surface area contributed by atoms with Crippen molar-refractivity contribution < 1.29 is 27.7 Å². The molecule has 0 bridgehead atoms. The maximum absolute atomic E-state index is 13.7. The van der Waals surface area contributed by atoms with E-state index in [1.807, 2.05) is 6.92 Å². The molecule has 0 radical (unpaired) electrons. The molecule has 0 aromatic carbocycles. The molecule has 4 aromatic rings. The Morgan fingerprint density at radius 2 is 1.92 bits per heavy atom. The van der Waals surface area contributed by atoms with E-state index >= 15 is 0 Å². The Labute approximate surface area is 223 Å². The Hall–Kier alpha value is -3.86. The third kappa shape index (κ3) is 4.73. The van der Waals surface area contributed by atoms with Crippen LogP contribution in [-0.2, 0) is 24.1 Å². The van der Waals surface area contributed by atoms with Crippen LogP contribution in [0.3, 0.4) is 0 Å². The number of halogens is 4. The molecule has 200 valence electrons. The van der Waals surface area contributed by atoms with Gasteiger partial charge >= 0.3 is 12.0 Å². The van der Waals surface area contributed by atoms with E-state index in [0.717, 1.165) is 10.7 Å². The lowest BCUT2D eigenvalue weighted by molar-refractivity contribution is -0.390. The van der Waals surface area contributed by atoms with Crippen molar-refractivity contribution in [2.45, 2.75) is 40.0 Å². The highest BCUT2D eigenvalue weighted by molar-refractivity contribution is 9.10. The number of pyridine rings is 1. The number of nitrogens with two attached hydrogens (primary N) is 1. The van der Waals surface area contributed by atoms with Crippen LogP contribution in [0.5, 0.6) is 0 Å². The molecule has 38 heavy (non-hydrogen) atoms. The number of alkyl halides is 3. The average molecular weight is 615 g/mol. The summed E-state index contributed by atoms with van der Waals surface area (Å²) in [7, 11) is 0. The first kappa shape index (κ1) is 27.2. The fourth-order valence-electron chi connectivity index (χ4n) is 3.87. The molecule has 4 aromatic heterocycles. The summed E-state index contributed by atoms with van der Waals surface area (Å²) in [6.07, 6.45) is -3.40. The number of hydrogen-bond donors (Lipinski definition) is 2. The molecule has 17 heteroatoms. The maximum Gasteiger partial charge on any atom is 0.433 e. The lowest BCUT2D eigenvalue weighted by Crippen LogP contribution is -2.22. The Balaban J connectivity index is 1.89. The number of rotatable bonds is 7. The molecule has 0 atom stereocenters. The van der Waals surface area contributed by atoms with Gasteiger partial charge in [-0.15, -0.1) is 11.3 Å². The molecule has 2 amide bonds. The number of carbonyl (C=O) groups is 2. The molecule has 4 rings (SSSR count). The van der Waals surface area contributed by atoms with Crippen LogP contribution in [-0.4, -0.2) is 41.3 Å². The van der Waals surface area contributed by atoms with Crippen molar-refractivity contribution in [2.24, 2.45) is 5.73 Å². The molecule has 0 spiro atoms. The minimum atomic E-state index is -4.79. The van der Waals surface area contributed by atoms with Gasteiger partial charge in [0.25, 0.3) is 5.91 Å². The zero-order valence-corrected chi connectivity index (χ0v) is 22.3. The number of primary amides is 1. The lowest BCUT2D eigenvalue weighted by Gasteiger charge is -2.12. The number of anilines is 1. The van der Waals surface area contributed by atoms with E-state index in [9.17, 15) is 32.9 Å². The van der Waals surface area contributed by atoms with E-state index in [1.165, 1.54) is 13.1 Å². The standard InChI is InChI=1S/C21H18BrF3N8O4S/c1-4-31-8(2)11(6-27-31)10-5-12(21(23,24)25)28-20-14(10)16(17(38-20)18(26)35)29-13(34)7-32-9(3)15(22)19(30-32)33(36)37/h5-6H,4,7H2,1-3H3,(H2,26,35)(H,29,34). The zero-order valence-electron chi connectivity index (χ0n) is 19.9. The van der Waals surface area contributed by atoms with Crippen molar-refractivity contribution >= 4 is 60.8 Å². The monoisotopic (exact) mass is 614 g/mol. The molecule has 0 saturated heterocycles. The minimum absolute atomic E-state index is 0.0484. The molecular formula is C21H18BrF3N8O4S. The van der Waals surface area contributed by atoms with Crippen LogP contribution >= 0.6 is 27.3 Å². The number of fused-ring (bicyclic) bond motifs is 1. The topological polar surface area (TPSA) is 164 Å². The highest BCUT2D eigenvalue weighted by Gasteiger charge is 2.35. The van der Waals surface area contributed by atoms with Gasteiger partial charge < -0.3 is 21.2 Å². The average Bonchev–Trinajstić information content (AvgIpc) is 3.47. The van der Waals surface area contributed by atoms with Crippen molar-refractivity contribution in [1.82, 2.24) is 24.5 Å². The van der Waals surface area contributed by atoms with Gasteiger partial charge in [0.1, 0.15) is 26.4 Å². The lowest BCUT2D eigenvalue weighted by atomic mass is 10.0. The molecule has 0 aliphatic heterocycles. The van der Waals surface area contributed by atoms with Gasteiger partial charge in [0.2, 0.25) is 5.91 Å². The van der Waals surface area contributed by atoms with Gasteiger partial charge in [-0.3, -0.25) is 14.3 Å². The molecule has 0 unspecified atom stereocenters. The smallest absolute Gasteiger partial charge is 0.365 e. The normalized spacial score (nSPS) is 11.8. The molecule has 4 heterocycles. The van der Waals surface area contributed by atoms with E-state index in [1.54, 1.807) is 11.6 Å².